The van der Waals surface area contributed by atoms with E-state index in [1.807, 2.05) is 0 Å². The highest BCUT2D eigenvalue weighted by atomic mass is 16.4. The quantitative estimate of drug-likeness (QED) is 0.0153. The maximum Gasteiger partial charge on any atom is 0.326 e. The number of hydrogen-bond donors (Lipinski definition) is 20. The fourth-order valence-electron chi connectivity index (χ4n) is 8.51. The van der Waals surface area contributed by atoms with E-state index >= 15 is 0 Å². The lowest BCUT2D eigenvalue weighted by Gasteiger charge is -2.31. The van der Waals surface area contributed by atoms with E-state index in [-0.39, 0.29) is 45.3 Å². The molecular weight excluding hydrogens is 1160 g/mol. The molecule has 87 heavy (non-hydrogen) atoms. The summed E-state index contributed by atoms with van der Waals surface area (Å²) in [4.78, 5) is 199. The number of carboxylic acids is 5. The minimum Gasteiger partial charge on any atom is -0.481 e. The second kappa shape index (κ2) is 39.0. The van der Waals surface area contributed by atoms with E-state index in [1.54, 1.807) is 0 Å². The van der Waals surface area contributed by atoms with Gasteiger partial charge in [0.25, 0.3) is 0 Å². The van der Waals surface area contributed by atoms with Gasteiger partial charge in [-0.15, -0.1) is 0 Å². The van der Waals surface area contributed by atoms with Crippen LogP contribution in [0.3, 0.4) is 0 Å². The molecule has 1 saturated heterocycles. The molecule has 0 radical (unpaired) electrons. The Morgan fingerprint density at radius 2 is 0.828 bits per heavy atom. The van der Waals surface area contributed by atoms with Crippen molar-refractivity contribution in [2.45, 2.75) is 196 Å². The number of unbranched alkanes of at least 4 members (excludes halogenated alkanes) is 1. The molecule has 25 N–H and O–H groups in total. The summed E-state index contributed by atoms with van der Waals surface area (Å²) in [6.07, 6.45) is -10.0. The van der Waals surface area contributed by atoms with Gasteiger partial charge in [0.1, 0.15) is 54.4 Å². The molecule has 0 saturated carbocycles. The van der Waals surface area contributed by atoms with Crippen LogP contribution >= 0.6 is 0 Å². The first-order valence-electron chi connectivity index (χ1n) is 27.7. The molecule has 0 aromatic heterocycles. The Kier molecular flexibility index (Phi) is 34.1. The molecule has 1 rings (SSSR count). The Labute approximate surface area is 497 Å². The van der Waals surface area contributed by atoms with E-state index in [9.17, 15) is 103 Å². The third-order valence-corrected chi connectivity index (χ3v) is 13.2. The lowest BCUT2D eigenvalue weighted by molar-refractivity contribution is -0.150. The molecule has 1 aliphatic heterocycles. The zero-order valence-corrected chi connectivity index (χ0v) is 48.1. The van der Waals surface area contributed by atoms with Crippen LogP contribution in [0.1, 0.15) is 123 Å². The maximum atomic E-state index is 14.2. The van der Waals surface area contributed by atoms with Crippen molar-refractivity contribution in [2.24, 2.45) is 33.7 Å². The van der Waals surface area contributed by atoms with Crippen LogP contribution in [0.5, 0.6) is 0 Å². The Morgan fingerprint density at radius 1 is 0.471 bits per heavy atom. The van der Waals surface area contributed by atoms with E-state index < -0.39 is 238 Å². The number of hydrogen-bond acceptors (Lipinski definition) is 20. The standard InChI is InChI=1S/C50H83N15O22/c1-23(66)38(47(84)62-26(7-3-4-20-51)45(82)64-39(24(2)67)48(85)65-22-6-9-32(65)49(86)87)63-46(83)31(14-19-37(75)76)61-41(78)27(8-5-21-56-50(54)55)58-43(80)29(12-17-35(71)72)60-44(81)30(13-18-36(73)74)59-42(79)28(11-15-33(53)68)57-40(77)25(52)10-16-34(69)70/h23-32,38-39,66-67H,3-22,51-52H2,1-2H3,(H2,53,68)(H,57,77)(H,58,80)(H,59,79)(H,60,81)(H,61,78)(H,62,84)(H,63,83)(H,64,82)(H,69,70)(H,71,72)(H,73,74)(H,75,76)(H,86,87)(H4,54,55,56)/t23-,24-,25+,26+,27+,28+,29+,30+,31+,32+,38+,39+/m1/s1. The lowest BCUT2D eigenvalue weighted by atomic mass is 10.0. The minimum atomic E-state index is -1.99. The number of aliphatic hydroxyl groups is 2. The number of carbonyl (C=O) groups excluding carboxylic acids is 10. The number of nitrogens with zero attached hydrogens (tertiary/aromatic N) is 2. The zero-order valence-electron chi connectivity index (χ0n) is 48.1. The summed E-state index contributed by atoms with van der Waals surface area (Å²) in [6.45, 7) is 2.11. The molecule has 0 spiro atoms. The second-order valence-corrected chi connectivity index (χ2v) is 20.4. The maximum absolute atomic E-state index is 14.2. The summed E-state index contributed by atoms with van der Waals surface area (Å²) in [7, 11) is 0. The number of nitrogens with one attached hydrogen (secondary N) is 8. The first-order valence-corrected chi connectivity index (χ1v) is 27.7. The fraction of sp³-hybridized carbons (Fsp3) is 0.680. The van der Waals surface area contributed by atoms with Gasteiger partial charge in [0.2, 0.25) is 59.1 Å². The largest absolute Gasteiger partial charge is 0.481 e. The first-order chi connectivity index (χ1) is 40.7. The number of likely N-dealkylation sites (tertiary alicyclic amines) is 1. The van der Waals surface area contributed by atoms with Crippen molar-refractivity contribution in [1.29, 1.82) is 0 Å². The SMILES string of the molecule is C[C@@H](O)[C@H](NC(=O)[C@H](CCC(=O)O)NC(=O)[C@H](CCCN=C(N)N)NC(=O)[C@H](CCC(=O)O)NC(=O)[C@H](CCC(=O)O)NC(=O)[C@H](CCC(N)=O)NC(=O)[C@@H](N)CCC(=O)O)C(=O)N[C@@H](CCCCN)C(=O)N[C@H](C(=O)N1CCC[C@H]1C(=O)O)[C@@H](C)O. The van der Waals surface area contributed by atoms with Crippen LogP contribution in [0.4, 0.5) is 0 Å². The number of carboxylic acid groups (broad SMARTS) is 5. The van der Waals surface area contributed by atoms with Crippen molar-refractivity contribution in [3.05, 3.63) is 0 Å². The van der Waals surface area contributed by atoms with Crippen molar-refractivity contribution >= 4 is 94.9 Å². The van der Waals surface area contributed by atoms with Crippen LogP contribution < -0.4 is 71.2 Å². The van der Waals surface area contributed by atoms with Crippen LogP contribution in [0.2, 0.25) is 0 Å². The highest BCUT2D eigenvalue weighted by Crippen LogP contribution is 2.20. The predicted octanol–water partition coefficient (Wildman–Crippen LogP) is -8.06. The monoisotopic (exact) mass is 1250 g/mol. The minimum absolute atomic E-state index is 0.00235. The Hall–Kier alpha value is -8.84. The number of nitrogens with two attached hydrogens (primary N) is 5. The number of rotatable bonds is 43. The third kappa shape index (κ3) is 29.2. The Balaban J connectivity index is 3.68. The van der Waals surface area contributed by atoms with Crippen molar-refractivity contribution in [2.75, 3.05) is 19.6 Å². The van der Waals surface area contributed by atoms with Gasteiger partial charge in [-0.05, 0) is 97.4 Å². The molecule has 1 aliphatic rings. The number of aliphatic imine (C=N–C) groups is 1. The van der Waals surface area contributed by atoms with E-state index in [0.29, 0.717) is 12.8 Å². The smallest absolute Gasteiger partial charge is 0.326 e. The van der Waals surface area contributed by atoms with Crippen molar-refractivity contribution in [1.82, 2.24) is 47.4 Å². The van der Waals surface area contributed by atoms with Crippen molar-refractivity contribution in [3.8, 4) is 0 Å². The van der Waals surface area contributed by atoms with Gasteiger partial charge in [-0.2, -0.15) is 0 Å². The molecule has 0 unspecified atom stereocenters. The summed E-state index contributed by atoms with van der Waals surface area (Å²) in [5.41, 5.74) is 27.5. The van der Waals surface area contributed by atoms with Crippen LogP contribution in [0, 0.1) is 0 Å². The zero-order chi connectivity index (χ0) is 66.2. The summed E-state index contributed by atoms with van der Waals surface area (Å²) in [5, 5.41) is 86.8. The number of carbonyl (C=O) groups is 15. The molecule has 1 heterocycles. The number of aliphatic hydroxyl groups excluding tert-OH is 2. The van der Waals surface area contributed by atoms with Gasteiger partial charge in [-0.25, -0.2) is 4.79 Å². The molecule has 37 heteroatoms. The molecular formula is C50H83N15O22. The van der Waals surface area contributed by atoms with Gasteiger partial charge in [-0.3, -0.25) is 72.1 Å². The summed E-state index contributed by atoms with van der Waals surface area (Å²) >= 11 is 0. The average Bonchev–Trinajstić information content (AvgIpc) is 3.10. The van der Waals surface area contributed by atoms with Gasteiger partial charge in [0.05, 0.1) is 18.2 Å². The predicted molar refractivity (Wildman–Crippen MR) is 298 cm³/mol. The molecule has 490 valence electrons. The number of aliphatic carboxylic acids is 5. The molecule has 10 amide bonds. The number of primary amides is 1. The van der Waals surface area contributed by atoms with Crippen molar-refractivity contribution in [3.63, 3.8) is 0 Å². The van der Waals surface area contributed by atoms with Gasteiger partial charge >= 0.3 is 29.8 Å². The normalized spacial score (nSPS) is 16.5. The van der Waals surface area contributed by atoms with E-state index in [1.165, 1.54) is 0 Å². The van der Waals surface area contributed by atoms with E-state index in [2.05, 4.69) is 47.5 Å². The van der Waals surface area contributed by atoms with Crippen LogP contribution in [-0.2, 0) is 71.9 Å². The molecule has 1 fully saturated rings. The third-order valence-electron chi connectivity index (χ3n) is 13.2. The van der Waals surface area contributed by atoms with Crippen molar-refractivity contribution < 1.29 is 108 Å². The second-order valence-electron chi connectivity index (χ2n) is 20.4. The molecule has 0 aromatic rings. The highest BCUT2D eigenvalue weighted by Gasteiger charge is 2.41. The summed E-state index contributed by atoms with van der Waals surface area (Å²) in [6, 6.07) is -17.3. The molecule has 0 bridgehead atoms. The molecule has 0 aromatic carbocycles. The van der Waals surface area contributed by atoms with Gasteiger partial charge in [0.15, 0.2) is 5.96 Å². The average molecular weight is 1250 g/mol. The first kappa shape index (κ1) is 76.2. The van der Waals surface area contributed by atoms with Gasteiger partial charge < -0.3 is 112 Å². The fourth-order valence-corrected chi connectivity index (χ4v) is 8.51. The van der Waals surface area contributed by atoms with Gasteiger partial charge in [0, 0.05) is 45.2 Å². The number of amides is 10. The summed E-state index contributed by atoms with van der Waals surface area (Å²) in [5.74, 6) is -19.3. The lowest BCUT2D eigenvalue weighted by Crippen LogP contribution is -2.62. The van der Waals surface area contributed by atoms with Crippen LogP contribution in [0.15, 0.2) is 4.99 Å². The van der Waals surface area contributed by atoms with Gasteiger partial charge in [-0.1, -0.05) is 0 Å². The Bertz CT molecular complexity index is 2480. The topological polar surface area (TPSA) is 640 Å². The highest BCUT2D eigenvalue weighted by molar-refractivity contribution is 5.99. The Morgan fingerprint density at radius 3 is 1.21 bits per heavy atom. The number of guanidine groups is 1. The molecule has 0 aliphatic carbocycles. The molecule has 37 nitrogen and oxygen atoms in total. The van der Waals surface area contributed by atoms with E-state index in [4.69, 9.17) is 33.8 Å². The van der Waals surface area contributed by atoms with E-state index in [0.717, 1.165) is 18.7 Å². The van der Waals surface area contributed by atoms with Crippen LogP contribution in [0.25, 0.3) is 0 Å². The summed E-state index contributed by atoms with van der Waals surface area (Å²) < 4.78 is 0. The van der Waals surface area contributed by atoms with Crippen LogP contribution in [-0.4, -0.2) is 228 Å². The molecule has 12 atom stereocenters.